The van der Waals surface area contributed by atoms with E-state index in [-0.39, 0.29) is 11.7 Å². The molecule has 1 atom stereocenters. The molecule has 1 aromatic rings. The third-order valence-corrected chi connectivity index (χ3v) is 2.90. The lowest BCUT2D eigenvalue weighted by atomic mass is 9.97. The van der Waals surface area contributed by atoms with Gasteiger partial charge >= 0.3 is 0 Å². The Morgan fingerprint density at radius 1 is 1.57 bits per heavy atom. The van der Waals surface area contributed by atoms with Crippen LogP contribution >= 0.6 is 15.9 Å². The van der Waals surface area contributed by atoms with Crippen molar-refractivity contribution >= 4 is 22.2 Å². The molecule has 1 aromatic carbocycles. The van der Waals surface area contributed by atoms with Crippen LogP contribution in [0.25, 0.3) is 0 Å². The first kappa shape index (κ1) is 11.2. The van der Waals surface area contributed by atoms with Crippen LogP contribution in [-0.2, 0) is 4.79 Å². The predicted molar refractivity (Wildman–Crippen MR) is 59.6 cm³/mol. The fourth-order valence-corrected chi connectivity index (χ4v) is 1.91. The van der Waals surface area contributed by atoms with Gasteiger partial charge in [0.1, 0.15) is 12.0 Å². The maximum atomic E-state index is 10.4. The summed E-state index contributed by atoms with van der Waals surface area (Å²) < 4.78 is 0.685. The zero-order valence-electron chi connectivity index (χ0n) is 8.25. The molecule has 2 nitrogen and oxygen atoms in total. The molecule has 0 aliphatic rings. The van der Waals surface area contributed by atoms with E-state index in [1.54, 1.807) is 0 Å². The standard InChI is InChI=1S/C11H13BrO2/c1-7(3-4-13)9-5-8(2)11(14)10(12)6-9/h4-7,14H,3H2,1-2H3. The van der Waals surface area contributed by atoms with Crippen LogP contribution in [0, 0.1) is 6.92 Å². The number of rotatable bonds is 3. The van der Waals surface area contributed by atoms with Crippen molar-refractivity contribution in [1.29, 1.82) is 0 Å². The van der Waals surface area contributed by atoms with Crippen LogP contribution in [-0.4, -0.2) is 11.4 Å². The van der Waals surface area contributed by atoms with Crippen molar-refractivity contribution in [1.82, 2.24) is 0 Å². The molecule has 14 heavy (non-hydrogen) atoms. The zero-order chi connectivity index (χ0) is 10.7. The minimum Gasteiger partial charge on any atom is -0.506 e. The molecule has 3 heteroatoms. The molecule has 76 valence electrons. The van der Waals surface area contributed by atoms with Crippen molar-refractivity contribution in [3.8, 4) is 5.75 Å². The van der Waals surface area contributed by atoms with Gasteiger partial charge in [-0.3, -0.25) is 0 Å². The van der Waals surface area contributed by atoms with E-state index in [1.165, 1.54) is 0 Å². The Morgan fingerprint density at radius 2 is 2.21 bits per heavy atom. The summed E-state index contributed by atoms with van der Waals surface area (Å²) in [5.74, 6) is 0.468. The van der Waals surface area contributed by atoms with E-state index in [0.717, 1.165) is 17.4 Å². The first-order valence-corrected chi connectivity index (χ1v) is 5.28. The highest BCUT2D eigenvalue weighted by Gasteiger charge is 2.09. The molecule has 1 N–H and O–H groups in total. The number of aryl methyl sites for hydroxylation is 1. The molecule has 0 aliphatic heterocycles. The van der Waals surface area contributed by atoms with Gasteiger partial charge in [-0.1, -0.05) is 13.0 Å². The normalized spacial score (nSPS) is 12.5. The van der Waals surface area contributed by atoms with E-state index in [4.69, 9.17) is 0 Å². The Bertz CT molecular complexity index is 324. The SMILES string of the molecule is Cc1cc(C(C)CC=O)cc(Br)c1O. The second-order valence-corrected chi connectivity index (χ2v) is 4.33. The summed E-state index contributed by atoms with van der Waals surface area (Å²) in [4.78, 5) is 10.4. The minimum atomic E-state index is 0.197. The number of aromatic hydroxyl groups is 1. The van der Waals surface area contributed by atoms with Crippen LogP contribution in [0.15, 0.2) is 16.6 Å². The monoisotopic (exact) mass is 256 g/mol. The van der Waals surface area contributed by atoms with E-state index in [2.05, 4.69) is 15.9 Å². The number of benzene rings is 1. The Morgan fingerprint density at radius 3 is 2.71 bits per heavy atom. The lowest BCUT2D eigenvalue weighted by molar-refractivity contribution is -0.108. The maximum absolute atomic E-state index is 10.4. The van der Waals surface area contributed by atoms with Gasteiger partial charge in [0.15, 0.2) is 0 Å². The summed E-state index contributed by atoms with van der Waals surface area (Å²) in [5, 5.41) is 9.53. The van der Waals surface area contributed by atoms with E-state index in [1.807, 2.05) is 26.0 Å². The fraction of sp³-hybridized carbons (Fsp3) is 0.364. The molecule has 1 unspecified atom stereocenters. The number of carbonyl (C=O) groups is 1. The molecule has 0 aromatic heterocycles. The molecule has 0 radical (unpaired) electrons. The van der Waals surface area contributed by atoms with Crippen molar-refractivity contribution in [3.05, 3.63) is 27.7 Å². The molecule has 0 amide bonds. The highest BCUT2D eigenvalue weighted by Crippen LogP contribution is 2.32. The number of carbonyl (C=O) groups excluding carboxylic acids is 1. The highest BCUT2D eigenvalue weighted by atomic mass is 79.9. The zero-order valence-corrected chi connectivity index (χ0v) is 9.84. The Labute approximate surface area is 92.1 Å². The van der Waals surface area contributed by atoms with Gasteiger partial charge in [-0.2, -0.15) is 0 Å². The molecule has 0 spiro atoms. The van der Waals surface area contributed by atoms with Gasteiger partial charge in [0.2, 0.25) is 0 Å². The first-order valence-electron chi connectivity index (χ1n) is 4.49. The van der Waals surface area contributed by atoms with Crippen molar-refractivity contribution in [3.63, 3.8) is 0 Å². The van der Waals surface area contributed by atoms with Crippen molar-refractivity contribution in [2.45, 2.75) is 26.2 Å². The van der Waals surface area contributed by atoms with Crippen LogP contribution in [0.5, 0.6) is 5.75 Å². The van der Waals surface area contributed by atoms with Gasteiger partial charge < -0.3 is 9.90 Å². The van der Waals surface area contributed by atoms with E-state index >= 15 is 0 Å². The fourth-order valence-electron chi connectivity index (χ4n) is 1.33. The summed E-state index contributed by atoms with van der Waals surface area (Å²) in [5.41, 5.74) is 1.89. The number of aldehydes is 1. The molecular weight excluding hydrogens is 244 g/mol. The quantitative estimate of drug-likeness (QED) is 0.844. The molecular formula is C11H13BrO2. The number of phenolic OH excluding ortho intramolecular Hbond substituents is 1. The number of hydrogen-bond acceptors (Lipinski definition) is 2. The molecule has 0 saturated heterocycles. The highest BCUT2D eigenvalue weighted by molar-refractivity contribution is 9.10. The van der Waals surface area contributed by atoms with Crippen molar-refractivity contribution in [2.24, 2.45) is 0 Å². The summed E-state index contributed by atoms with van der Waals surface area (Å²) >= 11 is 3.28. The Hall–Kier alpha value is -0.830. The third kappa shape index (κ3) is 2.35. The summed E-state index contributed by atoms with van der Waals surface area (Å²) in [6.45, 7) is 3.84. The lowest BCUT2D eigenvalue weighted by Gasteiger charge is -2.11. The van der Waals surface area contributed by atoms with Gasteiger partial charge in [-0.15, -0.1) is 0 Å². The van der Waals surface area contributed by atoms with Crippen LogP contribution < -0.4 is 0 Å². The molecule has 0 heterocycles. The summed E-state index contributed by atoms with van der Waals surface area (Å²) in [6, 6.07) is 3.77. The Balaban J connectivity index is 3.05. The van der Waals surface area contributed by atoms with Crippen LogP contribution in [0.3, 0.4) is 0 Å². The average Bonchev–Trinajstić information content (AvgIpc) is 2.13. The number of hydrogen-bond donors (Lipinski definition) is 1. The maximum Gasteiger partial charge on any atom is 0.132 e. The Kier molecular flexibility index (Phi) is 3.69. The van der Waals surface area contributed by atoms with Crippen molar-refractivity contribution < 1.29 is 9.90 Å². The van der Waals surface area contributed by atoms with Gasteiger partial charge in [0.05, 0.1) is 4.47 Å². The largest absolute Gasteiger partial charge is 0.506 e. The van der Waals surface area contributed by atoms with Crippen LogP contribution in [0.4, 0.5) is 0 Å². The van der Waals surface area contributed by atoms with E-state index in [9.17, 15) is 9.90 Å². The topological polar surface area (TPSA) is 37.3 Å². The predicted octanol–water partition coefficient (Wildman–Crippen LogP) is 3.16. The van der Waals surface area contributed by atoms with Crippen LogP contribution in [0.2, 0.25) is 0 Å². The molecule has 0 aliphatic carbocycles. The minimum absolute atomic E-state index is 0.197. The van der Waals surface area contributed by atoms with Gasteiger partial charge in [0.25, 0.3) is 0 Å². The van der Waals surface area contributed by atoms with Gasteiger partial charge in [-0.25, -0.2) is 0 Å². The summed E-state index contributed by atoms with van der Waals surface area (Å²) in [7, 11) is 0. The number of halogens is 1. The smallest absolute Gasteiger partial charge is 0.132 e. The molecule has 1 rings (SSSR count). The van der Waals surface area contributed by atoms with Crippen molar-refractivity contribution in [2.75, 3.05) is 0 Å². The average molecular weight is 257 g/mol. The first-order chi connectivity index (χ1) is 6.56. The van der Waals surface area contributed by atoms with E-state index in [0.29, 0.717) is 10.9 Å². The van der Waals surface area contributed by atoms with Gasteiger partial charge in [-0.05, 0) is 46.0 Å². The second kappa shape index (κ2) is 4.60. The number of phenols is 1. The van der Waals surface area contributed by atoms with E-state index < -0.39 is 0 Å². The second-order valence-electron chi connectivity index (χ2n) is 3.47. The summed E-state index contributed by atoms with van der Waals surface area (Å²) in [6.07, 6.45) is 1.43. The lowest BCUT2D eigenvalue weighted by Crippen LogP contribution is -1.95. The molecule has 0 bridgehead atoms. The third-order valence-electron chi connectivity index (χ3n) is 2.30. The van der Waals surface area contributed by atoms with Crippen LogP contribution in [0.1, 0.15) is 30.4 Å². The van der Waals surface area contributed by atoms with Gasteiger partial charge in [0, 0.05) is 6.42 Å². The molecule has 0 saturated carbocycles. The molecule has 0 fully saturated rings.